The van der Waals surface area contributed by atoms with E-state index in [-0.39, 0.29) is 11.5 Å². The quantitative estimate of drug-likeness (QED) is 0.917. The summed E-state index contributed by atoms with van der Waals surface area (Å²) in [5, 5.41) is 0. The third kappa shape index (κ3) is 3.53. The second kappa shape index (κ2) is 5.39. The minimum absolute atomic E-state index is 0.0712. The molecule has 2 rings (SSSR count). The number of H-pyrrole nitrogens is 1. The summed E-state index contributed by atoms with van der Waals surface area (Å²) >= 11 is 0. The summed E-state index contributed by atoms with van der Waals surface area (Å²) in [5.41, 5.74) is 4.43. The van der Waals surface area contributed by atoms with Gasteiger partial charge in [0.25, 0.3) is 5.56 Å². The van der Waals surface area contributed by atoms with Crippen LogP contribution in [0.25, 0.3) is 0 Å². The summed E-state index contributed by atoms with van der Waals surface area (Å²) in [5.74, 6) is 1.00. The molecule has 0 saturated heterocycles. The highest BCUT2D eigenvalue weighted by atomic mass is 16.1. The van der Waals surface area contributed by atoms with E-state index in [9.17, 15) is 4.79 Å². The SMILES string of the molecule is Cc1cc(C)cc(Cc2nc(C(C)C)cc(=O)[nH]2)c1. The zero-order chi connectivity index (χ0) is 14.0. The average molecular weight is 256 g/mol. The van der Waals surface area contributed by atoms with E-state index in [1.165, 1.54) is 16.7 Å². The largest absolute Gasteiger partial charge is 0.310 e. The summed E-state index contributed by atoms with van der Waals surface area (Å²) in [4.78, 5) is 19.0. The van der Waals surface area contributed by atoms with Crippen molar-refractivity contribution < 1.29 is 0 Å². The van der Waals surface area contributed by atoms with E-state index in [1.54, 1.807) is 6.07 Å². The summed E-state index contributed by atoms with van der Waals surface area (Å²) in [6.07, 6.45) is 0.665. The molecule has 1 heterocycles. The van der Waals surface area contributed by atoms with Crippen molar-refractivity contribution in [2.24, 2.45) is 0 Å². The van der Waals surface area contributed by atoms with Crippen LogP contribution in [0.1, 0.15) is 48.0 Å². The van der Waals surface area contributed by atoms with Crippen LogP contribution in [-0.2, 0) is 6.42 Å². The smallest absolute Gasteiger partial charge is 0.251 e. The van der Waals surface area contributed by atoms with Crippen molar-refractivity contribution >= 4 is 0 Å². The predicted octanol–water partition coefficient (Wildman–Crippen LogP) is 3.10. The molecule has 0 aliphatic rings. The molecular formula is C16H20N2O. The number of nitrogens with one attached hydrogen (secondary N) is 1. The molecule has 0 radical (unpaired) electrons. The summed E-state index contributed by atoms with van der Waals surface area (Å²) in [7, 11) is 0. The van der Waals surface area contributed by atoms with Crippen LogP contribution in [0, 0.1) is 13.8 Å². The average Bonchev–Trinajstić information content (AvgIpc) is 2.26. The summed E-state index contributed by atoms with van der Waals surface area (Å²) in [6.45, 7) is 8.25. The minimum Gasteiger partial charge on any atom is -0.310 e. The van der Waals surface area contributed by atoms with E-state index >= 15 is 0 Å². The van der Waals surface area contributed by atoms with Gasteiger partial charge < -0.3 is 4.98 Å². The molecule has 100 valence electrons. The summed E-state index contributed by atoms with van der Waals surface area (Å²) in [6, 6.07) is 7.99. The van der Waals surface area contributed by atoms with Crippen molar-refractivity contribution in [3.63, 3.8) is 0 Å². The van der Waals surface area contributed by atoms with Crippen LogP contribution in [-0.4, -0.2) is 9.97 Å². The molecule has 3 heteroatoms. The topological polar surface area (TPSA) is 45.8 Å². The molecule has 0 aliphatic carbocycles. The van der Waals surface area contributed by atoms with Crippen LogP contribution in [0.3, 0.4) is 0 Å². The molecule has 0 fully saturated rings. The highest BCUT2D eigenvalue weighted by Crippen LogP contribution is 2.13. The van der Waals surface area contributed by atoms with Crippen LogP contribution in [0.4, 0.5) is 0 Å². The summed E-state index contributed by atoms with van der Waals surface area (Å²) < 4.78 is 0. The van der Waals surface area contributed by atoms with Crippen LogP contribution >= 0.6 is 0 Å². The van der Waals surface area contributed by atoms with Gasteiger partial charge in [0.15, 0.2) is 0 Å². The van der Waals surface area contributed by atoms with E-state index in [2.05, 4.69) is 42.0 Å². The van der Waals surface area contributed by atoms with Crippen molar-refractivity contribution in [3.05, 3.63) is 62.8 Å². The molecule has 19 heavy (non-hydrogen) atoms. The third-order valence-electron chi connectivity index (χ3n) is 3.06. The molecule has 0 saturated carbocycles. The van der Waals surface area contributed by atoms with Gasteiger partial charge in [-0.05, 0) is 25.3 Å². The number of aryl methyl sites for hydroxylation is 2. The zero-order valence-electron chi connectivity index (χ0n) is 11.9. The van der Waals surface area contributed by atoms with Gasteiger partial charge in [0.2, 0.25) is 0 Å². The monoisotopic (exact) mass is 256 g/mol. The normalized spacial score (nSPS) is 11.0. The van der Waals surface area contributed by atoms with Gasteiger partial charge in [-0.2, -0.15) is 0 Å². The Morgan fingerprint density at radius 1 is 1.11 bits per heavy atom. The molecule has 0 amide bonds. The third-order valence-corrected chi connectivity index (χ3v) is 3.06. The molecule has 0 atom stereocenters. The lowest BCUT2D eigenvalue weighted by Crippen LogP contribution is -2.14. The molecule has 0 spiro atoms. The van der Waals surface area contributed by atoms with E-state index < -0.39 is 0 Å². The fourth-order valence-electron chi connectivity index (χ4n) is 2.27. The van der Waals surface area contributed by atoms with Gasteiger partial charge in [-0.25, -0.2) is 4.98 Å². The van der Waals surface area contributed by atoms with Crippen molar-refractivity contribution in [1.82, 2.24) is 9.97 Å². The number of nitrogens with zero attached hydrogens (tertiary/aromatic N) is 1. The predicted molar refractivity (Wildman–Crippen MR) is 77.7 cm³/mol. The Hall–Kier alpha value is -1.90. The lowest BCUT2D eigenvalue weighted by molar-refractivity contribution is 0.784. The zero-order valence-corrected chi connectivity index (χ0v) is 11.9. The molecule has 3 nitrogen and oxygen atoms in total. The van der Waals surface area contributed by atoms with Crippen LogP contribution in [0.15, 0.2) is 29.1 Å². The maximum atomic E-state index is 11.6. The second-order valence-electron chi connectivity index (χ2n) is 5.44. The molecule has 0 unspecified atom stereocenters. The molecule has 1 aromatic heterocycles. The van der Waals surface area contributed by atoms with E-state index in [4.69, 9.17) is 0 Å². The van der Waals surface area contributed by atoms with Gasteiger partial charge in [-0.1, -0.05) is 43.2 Å². The minimum atomic E-state index is -0.0712. The number of hydrogen-bond donors (Lipinski definition) is 1. The molecule has 0 aliphatic heterocycles. The highest BCUT2D eigenvalue weighted by molar-refractivity contribution is 5.30. The van der Waals surface area contributed by atoms with Crippen LogP contribution in [0.5, 0.6) is 0 Å². The molecule has 0 bridgehead atoms. The van der Waals surface area contributed by atoms with Crippen molar-refractivity contribution in [1.29, 1.82) is 0 Å². The highest BCUT2D eigenvalue weighted by Gasteiger charge is 2.06. The Labute approximate surface area is 113 Å². The van der Waals surface area contributed by atoms with Crippen LogP contribution < -0.4 is 5.56 Å². The van der Waals surface area contributed by atoms with Crippen molar-refractivity contribution in [2.75, 3.05) is 0 Å². The van der Waals surface area contributed by atoms with E-state index in [0.29, 0.717) is 6.42 Å². The first-order valence-corrected chi connectivity index (χ1v) is 6.61. The lowest BCUT2D eigenvalue weighted by Gasteiger charge is -2.08. The second-order valence-corrected chi connectivity index (χ2v) is 5.44. The van der Waals surface area contributed by atoms with Gasteiger partial charge in [-0.15, -0.1) is 0 Å². The number of benzene rings is 1. The first kappa shape index (κ1) is 13.5. The van der Waals surface area contributed by atoms with Gasteiger partial charge in [0, 0.05) is 12.5 Å². The maximum absolute atomic E-state index is 11.6. The lowest BCUT2D eigenvalue weighted by atomic mass is 10.0. The molecule has 1 N–H and O–H groups in total. The van der Waals surface area contributed by atoms with Crippen molar-refractivity contribution in [2.45, 2.75) is 40.0 Å². The van der Waals surface area contributed by atoms with Gasteiger partial charge in [0.1, 0.15) is 5.82 Å². The molecular weight excluding hydrogens is 236 g/mol. The Bertz CT molecular complexity index is 621. The fourth-order valence-corrected chi connectivity index (χ4v) is 2.27. The fraction of sp³-hybridized carbons (Fsp3) is 0.375. The van der Waals surface area contributed by atoms with Gasteiger partial charge in [0.05, 0.1) is 5.69 Å². The Morgan fingerprint density at radius 3 is 2.32 bits per heavy atom. The number of aromatic nitrogens is 2. The van der Waals surface area contributed by atoms with E-state index in [1.807, 2.05) is 13.8 Å². The molecule has 2 aromatic rings. The molecule has 1 aromatic carbocycles. The van der Waals surface area contributed by atoms with Gasteiger partial charge in [-0.3, -0.25) is 4.79 Å². The Kier molecular flexibility index (Phi) is 3.84. The number of rotatable bonds is 3. The van der Waals surface area contributed by atoms with Crippen LogP contribution in [0.2, 0.25) is 0 Å². The Morgan fingerprint density at radius 2 is 1.74 bits per heavy atom. The Balaban J connectivity index is 2.35. The van der Waals surface area contributed by atoms with Gasteiger partial charge >= 0.3 is 0 Å². The van der Waals surface area contributed by atoms with E-state index in [0.717, 1.165) is 11.5 Å². The number of hydrogen-bond acceptors (Lipinski definition) is 2. The van der Waals surface area contributed by atoms with Crippen molar-refractivity contribution in [3.8, 4) is 0 Å². The first-order valence-electron chi connectivity index (χ1n) is 6.61. The maximum Gasteiger partial charge on any atom is 0.251 e. The first-order chi connectivity index (χ1) is 8.94. The number of aromatic amines is 1. The standard InChI is InChI=1S/C16H20N2O/c1-10(2)14-9-16(19)18-15(17-14)8-13-6-11(3)5-12(4)7-13/h5-7,9-10H,8H2,1-4H3,(H,17,18,19).